The van der Waals surface area contributed by atoms with Gasteiger partial charge in [0.2, 0.25) is 0 Å². The van der Waals surface area contributed by atoms with Crippen molar-refractivity contribution in [2.45, 2.75) is 43.4 Å². The molecule has 1 amide bonds. The van der Waals surface area contributed by atoms with Crippen molar-refractivity contribution >= 4 is 18.2 Å². The van der Waals surface area contributed by atoms with E-state index < -0.39 is 17.2 Å². The molecule has 4 rings (SSSR count). The quantitative estimate of drug-likeness (QED) is 0.564. The number of hydrogen-bond acceptors (Lipinski definition) is 9. The van der Waals surface area contributed by atoms with Crippen LogP contribution in [0.1, 0.15) is 42.4 Å². The van der Waals surface area contributed by atoms with Gasteiger partial charge >= 0.3 is 0 Å². The van der Waals surface area contributed by atoms with E-state index in [1.807, 2.05) is 11.8 Å². The molecule has 11 nitrogen and oxygen atoms in total. The lowest BCUT2D eigenvalue weighted by Gasteiger charge is -2.52. The van der Waals surface area contributed by atoms with Gasteiger partial charge in [0.25, 0.3) is 12.4 Å². The first-order valence-electron chi connectivity index (χ1n) is 10.5. The SMILES string of the molecule is C[C@@]1(NC(=O)c2ccccn2)CC2(CCN(c3nccnc3C#N)CC2)OC[C@H]1O.O=CO. The highest BCUT2D eigenvalue weighted by Crippen LogP contribution is 2.40. The minimum absolute atomic E-state index is 0.146. The smallest absolute Gasteiger partial charge is 0.290 e. The first-order chi connectivity index (χ1) is 15.9. The predicted octanol–water partition coefficient (Wildman–Crippen LogP) is 0.753. The Labute approximate surface area is 191 Å². The number of ether oxygens (including phenoxy) is 1. The number of hydrogen-bond donors (Lipinski definition) is 3. The number of carboxylic acid groups (broad SMARTS) is 1. The lowest BCUT2D eigenvalue weighted by Crippen LogP contribution is -2.65. The summed E-state index contributed by atoms with van der Waals surface area (Å²) in [5.41, 5.74) is -0.676. The average molecular weight is 454 g/mol. The van der Waals surface area contributed by atoms with Crippen molar-refractivity contribution < 1.29 is 24.5 Å². The number of carbonyl (C=O) groups is 2. The molecule has 0 radical (unpaired) electrons. The summed E-state index contributed by atoms with van der Waals surface area (Å²) in [6, 6.07) is 7.24. The summed E-state index contributed by atoms with van der Waals surface area (Å²) in [6.45, 7) is 3.04. The second-order valence-electron chi connectivity index (χ2n) is 8.21. The fourth-order valence-electron chi connectivity index (χ4n) is 4.31. The van der Waals surface area contributed by atoms with Gasteiger partial charge < -0.3 is 25.2 Å². The van der Waals surface area contributed by atoms with E-state index in [0.29, 0.717) is 49.6 Å². The Morgan fingerprint density at radius 3 is 2.61 bits per heavy atom. The minimum atomic E-state index is -0.834. The number of rotatable bonds is 3. The van der Waals surface area contributed by atoms with Crippen LogP contribution in [0.15, 0.2) is 36.8 Å². The van der Waals surface area contributed by atoms with Gasteiger partial charge in [-0.15, -0.1) is 0 Å². The number of pyridine rings is 1. The maximum absolute atomic E-state index is 12.7. The van der Waals surface area contributed by atoms with E-state index in [2.05, 4.69) is 26.3 Å². The number of piperidine rings is 1. The standard InChI is InChI=1S/C21H24N6O3.CH2O2/c1-20(26-19(29)15-4-2-3-7-23-15)14-21(30-13-17(20)28)5-10-27(11-6-21)18-16(12-22)24-8-9-25-18;2-1-3/h2-4,7-9,17,28H,5-6,10-11,13-14H2,1H3,(H,26,29);1H,(H,2,3)/t17-,20-;/m1./s1. The molecule has 0 saturated carbocycles. The lowest BCUT2D eigenvalue weighted by atomic mass is 9.74. The van der Waals surface area contributed by atoms with Gasteiger partial charge in [-0.1, -0.05) is 6.07 Å². The molecule has 0 aliphatic carbocycles. The van der Waals surface area contributed by atoms with E-state index in [0.717, 1.165) is 0 Å². The highest BCUT2D eigenvalue weighted by atomic mass is 16.5. The van der Waals surface area contributed by atoms with Crippen molar-refractivity contribution in [3.8, 4) is 6.07 Å². The number of carbonyl (C=O) groups excluding carboxylic acids is 1. The number of anilines is 1. The van der Waals surface area contributed by atoms with Gasteiger partial charge in [-0.05, 0) is 31.9 Å². The number of nitriles is 1. The molecule has 2 atom stereocenters. The van der Waals surface area contributed by atoms with Crippen LogP contribution in [0, 0.1) is 11.3 Å². The summed E-state index contributed by atoms with van der Waals surface area (Å²) < 4.78 is 6.10. The number of amides is 1. The van der Waals surface area contributed by atoms with E-state index in [9.17, 15) is 15.2 Å². The summed E-state index contributed by atoms with van der Waals surface area (Å²) in [7, 11) is 0. The monoisotopic (exact) mass is 454 g/mol. The average Bonchev–Trinajstić information content (AvgIpc) is 2.83. The summed E-state index contributed by atoms with van der Waals surface area (Å²) in [5.74, 6) is 0.266. The van der Waals surface area contributed by atoms with Crippen molar-refractivity contribution in [1.82, 2.24) is 20.3 Å². The first-order valence-corrected chi connectivity index (χ1v) is 10.5. The van der Waals surface area contributed by atoms with Crippen LogP contribution < -0.4 is 10.2 Å². The largest absolute Gasteiger partial charge is 0.483 e. The van der Waals surface area contributed by atoms with Crippen LogP contribution in [0.25, 0.3) is 0 Å². The number of aliphatic hydroxyl groups excluding tert-OH is 1. The van der Waals surface area contributed by atoms with Crippen molar-refractivity contribution in [2.75, 3.05) is 24.6 Å². The maximum Gasteiger partial charge on any atom is 0.290 e. The Morgan fingerprint density at radius 1 is 1.27 bits per heavy atom. The Bertz CT molecular complexity index is 1010. The van der Waals surface area contributed by atoms with E-state index in [1.54, 1.807) is 30.6 Å². The topological polar surface area (TPSA) is 162 Å². The van der Waals surface area contributed by atoms with Crippen LogP contribution in [0.2, 0.25) is 0 Å². The van der Waals surface area contributed by atoms with E-state index in [-0.39, 0.29) is 19.0 Å². The molecule has 2 aromatic rings. The molecule has 4 heterocycles. The Morgan fingerprint density at radius 2 is 1.97 bits per heavy atom. The van der Waals surface area contributed by atoms with Crippen molar-refractivity contribution in [3.63, 3.8) is 0 Å². The fraction of sp³-hybridized carbons (Fsp3) is 0.455. The number of aliphatic hydroxyl groups is 1. The molecule has 2 saturated heterocycles. The Kier molecular flexibility index (Phi) is 7.52. The molecule has 0 bridgehead atoms. The number of aromatic nitrogens is 3. The number of nitrogens with one attached hydrogen (secondary N) is 1. The van der Waals surface area contributed by atoms with Gasteiger partial charge in [0, 0.05) is 38.1 Å². The summed E-state index contributed by atoms with van der Waals surface area (Å²) in [4.78, 5) is 35.6. The number of nitrogens with zero attached hydrogens (tertiary/aromatic N) is 5. The highest BCUT2D eigenvalue weighted by Gasteiger charge is 2.50. The van der Waals surface area contributed by atoms with Crippen LogP contribution in [0.3, 0.4) is 0 Å². The zero-order valence-electron chi connectivity index (χ0n) is 18.2. The molecule has 33 heavy (non-hydrogen) atoms. The van der Waals surface area contributed by atoms with Crippen LogP contribution >= 0.6 is 0 Å². The van der Waals surface area contributed by atoms with Gasteiger partial charge in [0.1, 0.15) is 17.9 Å². The van der Waals surface area contributed by atoms with E-state index >= 15 is 0 Å². The molecule has 2 aromatic heterocycles. The Balaban J connectivity index is 0.000000968. The molecule has 0 unspecified atom stereocenters. The summed E-state index contributed by atoms with van der Waals surface area (Å²) in [6.07, 6.45) is 5.70. The predicted molar refractivity (Wildman–Crippen MR) is 116 cm³/mol. The molecular formula is C22H26N6O5. The van der Waals surface area contributed by atoms with Crippen LogP contribution in [-0.4, -0.2) is 74.5 Å². The summed E-state index contributed by atoms with van der Waals surface area (Å²) in [5, 5.41) is 29.8. The maximum atomic E-state index is 12.7. The fourth-order valence-corrected chi connectivity index (χ4v) is 4.31. The molecule has 0 aromatic carbocycles. The third-order valence-electron chi connectivity index (χ3n) is 6.03. The molecule has 2 aliphatic heterocycles. The molecule has 2 fully saturated rings. The van der Waals surface area contributed by atoms with Gasteiger partial charge in [-0.3, -0.25) is 14.6 Å². The molecule has 3 N–H and O–H groups in total. The molecular weight excluding hydrogens is 428 g/mol. The third-order valence-corrected chi connectivity index (χ3v) is 6.03. The van der Waals surface area contributed by atoms with Crippen molar-refractivity contribution in [1.29, 1.82) is 5.26 Å². The summed E-state index contributed by atoms with van der Waals surface area (Å²) >= 11 is 0. The molecule has 1 spiro atoms. The zero-order valence-corrected chi connectivity index (χ0v) is 18.2. The van der Waals surface area contributed by atoms with Crippen LogP contribution in [0.5, 0.6) is 0 Å². The zero-order chi connectivity index (χ0) is 23.9. The lowest BCUT2D eigenvalue weighted by molar-refractivity contribution is -0.167. The van der Waals surface area contributed by atoms with Crippen LogP contribution in [0.4, 0.5) is 5.82 Å². The molecule has 2 aliphatic rings. The Hall–Kier alpha value is -3.62. The van der Waals surface area contributed by atoms with Gasteiger partial charge in [0.15, 0.2) is 11.5 Å². The second kappa shape index (κ2) is 10.3. The van der Waals surface area contributed by atoms with Gasteiger partial charge in [0.05, 0.1) is 17.7 Å². The van der Waals surface area contributed by atoms with E-state index in [1.165, 1.54) is 6.20 Å². The molecule has 174 valence electrons. The minimum Gasteiger partial charge on any atom is -0.483 e. The second-order valence-corrected chi connectivity index (χ2v) is 8.21. The first kappa shape index (κ1) is 24.0. The van der Waals surface area contributed by atoms with Gasteiger partial charge in [-0.2, -0.15) is 5.26 Å². The van der Waals surface area contributed by atoms with Crippen LogP contribution in [-0.2, 0) is 9.53 Å². The van der Waals surface area contributed by atoms with E-state index in [4.69, 9.17) is 14.6 Å². The van der Waals surface area contributed by atoms with Gasteiger partial charge in [-0.25, -0.2) is 9.97 Å². The third kappa shape index (κ3) is 5.42. The van der Waals surface area contributed by atoms with Crippen molar-refractivity contribution in [3.05, 3.63) is 48.2 Å². The highest BCUT2D eigenvalue weighted by molar-refractivity contribution is 5.92. The normalized spacial score (nSPS) is 23.5. The van der Waals surface area contributed by atoms with Crippen molar-refractivity contribution in [2.24, 2.45) is 0 Å². The molecule has 11 heteroatoms.